The number of ether oxygens (including phenoxy) is 5. The van der Waals surface area contributed by atoms with Crippen molar-refractivity contribution in [2.45, 2.75) is 0 Å². The van der Waals surface area contributed by atoms with Gasteiger partial charge < -0.3 is 29.0 Å². The molecule has 0 heterocycles. The van der Waals surface area contributed by atoms with E-state index in [2.05, 4.69) is 51.8 Å². The van der Waals surface area contributed by atoms with Gasteiger partial charge in [-0.15, -0.1) is 0 Å². The van der Waals surface area contributed by atoms with Crippen LogP contribution in [0.1, 0.15) is 11.1 Å². The van der Waals surface area contributed by atoms with Crippen LogP contribution in [-0.4, -0.2) is 73.1 Å². The molecule has 0 atom stereocenters. The van der Waals surface area contributed by atoms with Gasteiger partial charge in [-0.2, -0.15) is 0 Å². The third kappa shape index (κ3) is 12.8. The summed E-state index contributed by atoms with van der Waals surface area (Å²) in [6, 6.07) is 16.2. The van der Waals surface area contributed by atoms with Gasteiger partial charge in [-0.1, -0.05) is 41.5 Å². The summed E-state index contributed by atoms with van der Waals surface area (Å²) in [5.41, 5.74) is 11.5. The molecule has 0 saturated carbocycles. The minimum Gasteiger partial charge on any atom is -0.491 e. The predicted molar refractivity (Wildman–Crippen MR) is 134 cm³/mol. The van der Waals surface area contributed by atoms with Crippen molar-refractivity contribution < 1.29 is 23.7 Å². The van der Waals surface area contributed by atoms with Gasteiger partial charge in [-0.3, -0.25) is 0 Å². The monoisotopic (exact) mass is 470 g/mol. The van der Waals surface area contributed by atoms with E-state index < -0.39 is 0 Å². The van der Waals surface area contributed by atoms with Gasteiger partial charge in [0.25, 0.3) is 0 Å². The Morgan fingerprint density at radius 1 is 0.706 bits per heavy atom. The van der Waals surface area contributed by atoms with E-state index >= 15 is 0 Å². The Hall–Kier alpha value is -3.07. The Kier molecular flexibility index (Phi) is 14.7. The third-order valence-corrected chi connectivity index (χ3v) is 4.56. The van der Waals surface area contributed by atoms with Crippen LogP contribution in [0.15, 0.2) is 53.6 Å². The van der Waals surface area contributed by atoms with Crippen LogP contribution in [0.2, 0.25) is 0 Å². The summed E-state index contributed by atoms with van der Waals surface area (Å²) in [5.74, 6) is 0.814. The van der Waals surface area contributed by atoms with E-state index in [1.807, 2.05) is 31.3 Å². The number of benzene rings is 2. The van der Waals surface area contributed by atoms with Crippen molar-refractivity contribution in [2.24, 2.45) is 5.11 Å². The molecule has 0 aromatic heterocycles. The molecule has 0 saturated heterocycles. The highest BCUT2D eigenvalue weighted by molar-refractivity contribution is 5.70. The highest BCUT2D eigenvalue weighted by Gasteiger charge is 1.96. The van der Waals surface area contributed by atoms with Crippen molar-refractivity contribution in [2.75, 3.05) is 78.4 Å². The zero-order valence-corrected chi connectivity index (χ0v) is 19.7. The van der Waals surface area contributed by atoms with Gasteiger partial charge in [-0.25, -0.2) is 0 Å². The topological polar surface area (TPSA) is 107 Å². The first kappa shape index (κ1) is 27.2. The zero-order valence-electron chi connectivity index (χ0n) is 19.7. The Balaban J connectivity index is 1.43. The molecule has 0 unspecified atom stereocenters. The van der Waals surface area contributed by atoms with Gasteiger partial charge >= 0.3 is 0 Å². The van der Waals surface area contributed by atoms with Crippen molar-refractivity contribution >= 4 is 17.8 Å². The smallest absolute Gasteiger partial charge is 0.119 e. The van der Waals surface area contributed by atoms with Gasteiger partial charge in [-0.05, 0) is 40.9 Å². The van der Waals surface area contributed by atoms with Crippen LogP contribution >= 0.6 is 0 Å². The molecule has 9 heteroatoms. The highest BCUT2D eigenvalue weighted by Crippen LogP contribution is 2.15. The van der Waals surface area contributed by atoms with E-state index in [0.717, 1.165) is 22.6 Å². The maximum Gasteiger partial charge on any atom is 0.119 e. The largest absolute Gasteiger partial charge is 0.491 e. The van der Waals surface area contributed by atoms with Crippen LogP contribution in [0.3, 0.4) is 0 Å². The van der Waals surface area contributed by atoms with E-state index in [1.54, 1.807) is 0 Å². The maximum absolute atomic E-state index is 8.13. The first-order valence-corrected chi connectivity index (χ1v) is 11.3. The fourth-order valence-electron chi connectivity index (χ4n) is 2.76. The molecule has 0 aliphatic carbocycles. The zero-order chi connectivity index (χ0) is 24.1. The minimum atomic E-state index is 0.335. The van der Waals surface area contributed by atoms with Crippen LogP contribution in [-0.2, 0) is 18.9 Å². The second-order valence-corrected chi connectivity index (χ2v) is 7.03. The Bertz CT molecular complexity index is 853. The molecule has 9 nitrogen and oxygen atoms in total. The summed E-state index contributed by atoms with van der Waals surface area (Å²) in [7, 11) is 1.91. The Morgan fingerprint density at radius 2 is 1.18 bits per heavy atom. The van der Waals surface area contributed by atoms with Crippen molar-refractivity contribution in [3.05, 3.63) is 70.1 Å². The van der Waals surface area contributed by atoms with Crippen molar-refractivity contribution in [3.63, 3.8) is 0 Å². The van der Waals surface area contributed by atoms with Gasteiger partial charge in [0, 0.05) is 24.2 Å². The number of hydrogen-bond donors (Lipinski definition) is 1. The fraction of sp³-hybridized carbons (Fsp3) is 0.440. The molecule has 0 fully saturated rings. The summed E-state index contributed by atoms with van der Waals surface area (Å²) in [5, 5.41) is 6.49. The van der Waals surface area contributed by atoms with E-state index in [9.17, 15) is 0 Å². The lowest BCUT2D eigenvalue weighted by Crippen LogP contribution is -2.14. The van der Waals surface area contributed by atoms with Crippen LogP contribution in [0.5, 0.6) is 5.75 Å². The number of nitrogens with zero attached hydrogens (tertiary/aromatic N) is 3. The normalized spacial score (nSPS) is 10.9. The van der Waals surface area contributed by atoms with Crippen LogP contribution in [0, 0.1) is 0 Å². The molecular weight excluding hydrogens is 436 g/mol. The summed E-state index contributed by atoms with van der Waals surface area (Å²) >= 11 is 0. The van der Waals surface area contributed by atoms with E-state index in [0.29, 0.717) is 66.0 Å². The molecule has 2 rings (SSSR count). The number of azide groups is 1. The molecule has 0 amide bonds. The van der Waals surface area contributed by atoms with Crippen molar-refractivity contribution in [1.82, 2.24) is 0 Å². The number of anilines is 1. The van der Waals surface area contributed by atoms with Crippen LogP contribution in [0.25, 0.3) is 22.6 Å². The summed E-state index contributed by atoms with van der Waals surface area (Å²) in [6.07, 6.45) is 4.16. The summed E-state index contributed by atoms with van der Waals surface area (Å²) in [6.45, 7) is 4.67. The van der Waals surface area contributed by atoms with E-state index in [-0.39, 0.29) is 0 Å². The number of nitrogens with one attached hydrogen (secondary N) is 1. The number of hydrogen-bond acceptors (Lipinski definition) is 7. The predicted octanol–water partition coefficient (Wildman–Crippen LogP) is 4.65. The second-order valence-electron chi connectivity index (χ2n) is 7.03. The maximum atomic E-state index is 8.13. The fourth-order valence-corrected chi connectivity index (χ4v) is 2.76. The van der Waals surface area contributed by atoms with Gasteiger partial charge in [0.15, 0.2) is 0 Å². The Morgan fingerprint density at radius 3 is 1.68 bits per heavy atom. The van der Waals surface area contributed by atoms with Crippen LogP contribution in [0.4, 0.5) is 5.69 Å². The molecule has 0 aliphatic heterocycles. The number of rotatable bonds is 19. The first-order valence-electron chi connectivity index (χ1n) is 11.3. The Labute approximate surface area is 201 Å². The molecule has 0 aliphatic rings. The molecule has 0 spiro atoms. The molecule has 2 aromatic rings. The molecule has 34 heavy (non-hydrogen) atoms. The van der Waals surface area contributed by atoms with E-state index in [4.69, 9.17) is 29.2 Å². The highest BCUT2D eigenvalue weighted by atomic mass is 16.6. The van der Waals surface area contributed by atoms with Gasteiger partial charge in [0.2, 0.25) is 0 Å². The molecule has 184 valence electrons. The molecular formula is C25H34N4O5. The molecule has 0 radical (unpaired) electrons. The quantitative estimate of drug-likeness (QED) is 0.105. The average Bonchev–Trinajstić information content (AvgIpc) is 2.88. The second kappa shape index (κ2) is 18.4. The third-order valence-electron chi connectivity index (χ3n) is 4.56. The molecule has 2 aromatic carbocycles. The lowest BCUT2D eigenvalue weighted by molar-refractivity contribution is -0.00386. The lowest BCUT2D eigenvalue weighted by Gasteiger charge is -2.08. The SMILES string of the molecule is CNc1ccc(/C=C/c2ccc(OCCOCCOCCOCCOCCN=[N+]=[N-])cc2)cc1. The standard InChI is InChI=1S/C25H34N4O5/c1-27-24-8-4-22(5-9-24)2-3-23-6-10-25(11-7-23)34-21-20-33-19-18-32-17-16-31-15-14-30-13-12-28-29-26/h2-11,27H,12-21H2,1H3/b3-2+. The lowest BCUT2D eigenvalue weighted by atomic mass is 10.1. The average molecular weight is 471 g/mol. The van der Waals surface area contributed by atoms with Crippen molar-refractivity contribution in [3.8, 4) is 5.75 Å². The molecule has 0 bridgehead atoms. The summed E-state index contributed by atoms with van der Waals surface area (Å²) in [4.78, 5) is 2.65. The first-order chi connectivity index (χ1) is 16.8. The van der Waals surface area contributed by atoms with Gasteiger partial charge in [0.05, 0.1) is 52.9 Å². The summed E-state index contributed by atoms with van der Waals surface area (Å²) < 4.78 is 27.3. The molecule has 1 N–H and O–H groups in total. The van der Waals surface area contributed by atoms with Gasteiger partial charge in [0.1, 0.15) is 12.4 Å². The minimum absolute atomic E-state index is 0.335. The van der Waals surface area contributed by atoms with Crippen molar-refractivity contribution in [1.29, 1.82) is 0 Å². The van der Waals surface area contributed by atoms with Crippen LogP contribution < -0.4 is 10.1 Å². The van der Waals surface area contributed by atoms with E-state index in [1.165, 1.54) is 0 Å².